The molecule has 3 rings (SSSR count). The van der Waals surface area contributed by atoms with Crippen molar-refractivity contribution in [1.29, 1.82) is 0 Å². The zero-order valence-electron chi connectivity index (χ0n) is 14.9. The summed E-state index contributed by atoms with van der Waals surface area (Å²) < 4.78 is 7.25. The van der Waals surface area contributed by atoms with E-state index in [4.69, 9.17) is 10.5 Å². The Kier molecular flexibility index (Phi) is 5.50. The highest BCUT2D eigenvalue weighted by atomic mass is 16.5. The van der Waals surface area contributed by atoms with Crippen LogP contribution in [-0.2, 0) is 16.1 Å². The maximum absolute atomic E-state index is 12.4. The van der Waals surface area contributed by atoms with Crippen molar-refractivity contribution >= 4 is 5.91 Å². The van der Waals surface area contributed by atoms with Gasteiger partial charge in [-0.3, -0.25) is 4.79 Å². The van der Waals surface area contributed by atoms with E-state index < -0.39 is 6.04 Å². The first-order chi connectivity index (χ1) is 12.1. The monoisotopic (exact) mass is 342 g/mol. The van der Waals surface area contributed by atoms with Gasteiger partial charge in [0.15, 0.2) is 0 Å². The number of para-hydroxylation sites is 1. The quantitative estimate of drug-likeness (QED) is 0.869. The fourth-order valence-corrected chi connectivity index (χ4v) is 3.33. The van der Waals surface area contributed by atoms with Gasteiger partial charge in [0, 0.05) is 31.0 Å². The number of amides is 1. The highest BCUT2D eigenvalue weighted by Gasteiger charge is 2.26. The molecule has 0 radical (unpaired) electrons. The number of aromatic nitrogens is 2. The summed E-state index contributed by atoms with van der Waals surface area (Å²) >= 11 is 0. The lowest BCUT2D eigenvalue weighted by atomic mass is 9.92. The molecule has 1 aliphatic rings. The van der Waals surface area contributed by atoms with Crippen molar-refractivity contribution in [2.75, 3.05) is 13.2 Å². The second-order valence-electron chi connectivity index (χ2n) is 6.59. The lowest BCUT2D eigenvalue weighted by molar-refractivity contribution is -0.124. The van der Waals surface area contributed by atoms with Crippen LogP contribution in [0, 0.1) is 19.8 Å². The number of hydrogen-bond acceptors (Lipinski definition) is 4. The largest absolute Gasteiger partial charge is 0.381 e. The maximum Gasteiger partial charge on any atom is 0.237 e. The number of rotatable bonds is 5. The minimum Gasteiger partial charge on any atom is -0.381 e. The SMILES string of the molecule is Cc1nn(-c2ccccc2)c(C)c1CNC(=O)C(N)C1CCOCC1. The summed E-state index contributed by atoms with van der Waals surface area (Å²) in [6.45, 7) is 5.81. The van der Waals surface area contributed by atoms with Crippen LogP contribution in [0.2, 0.25) is 0 Å². The van der Waals surface area contributed by atoms with Crippen molar-refractivity contribution in [2.24, 2.45) is 11.7 Å². The minimum absolute atomic E-state index is 0.0989. The standard InChI is InChI=1S/C19H26N4O2/c1-13-17(14(2)23(22-13)16-6-4-3-5-7-16)12-21-19(24)18(20)15-8-10-25-11-9-15/h3-7,15,18H,8-12,20H2,1-2H3,(H,21,24). The van der Waals surface area contributed by atoms with Gasteiger partial charge in [0.05, 0.1) is 17.4 Å². The molecule has 1 amide bonds. The Labute approximate surface area is 148 Å². The fourth-order valence-electron chi connectivity index (χ4n) is 3.33. The smallest absolute Gasteiger partial charge is 0.237 e. The van der Waals surface area contributed by atoms with Crippen LogP contribution in [0.25, 0.3) is 5.69 Å². The third-order valence-electron chi connectivity index (χ3n) is 4.96. The molecule has 1 atom stereocenters. The molecule has 1 unspecified atom stereocenters. The number of nitrogens with two attached hydrogens (primary N) is 1. The zero-order valence-corrected chi connectivity index (χ0v) is 14.9. The molecule has 1 aliphatic heterocycles. The van der Waals surface area contributed by atoms with Crippen LogP contribution >= 0.6 is 0 Å². The first-order valence-corrected chi connectivity index (χ1v) is 8.79. The molecule has 0 spiro atoms. The molecule has 134 valence electrons. The molecule has 25 heavy (non-hydrogen) atoms. The van der Waals surface area contributed by atoms with Gasteiger partial charge in [-0.05, 0) is 44.7 Å². The molecule has 1 saturated heterocycles. The number of aryl methyl sites for hydroxylation is 1. The number of carbonyl (C=O) groups excluding carboxylic acids is 1. The van der Waals surface area contributed by atoms with E-state index >= 15 is 0 Å². The van der Waals surface area contributed by atoms with E-state index in [9.17, 15) is 4.79 Å². The van der Waals surface area contributed by atoms with Crippen molar-refractivity contribution in [3.63, 3.8) is 0 Å². The van der Waals surface area contributed by atoms with Gasteiger partial charge in [0.1, 0.15) is 0 Å². The third kappa shape index (κ3) is 3.91. The van der Waals surface area contributed by atoms with Gasteiger partial charge in [-0.25, -0.2) is 4.68 Å². The minimum atomic E-state index is -0.478. The molecule has 1 aromatic heterocycles. The highest BCUT2D eigenvalue weighted by molar-refractivity contribution is 5.81. The van der Waals surface area contributed by atoms with Crippen LogP contribution in [-0.4, -0.2) is 34.9 Å². The molecule has 3 N–H and O–H groups in total. The van der Waals surface area contributed by atoms with Crippen LogP contribution in [0.15, 0.2) is 30.3 Å². The van der Waals surface area contributed by atoms with E-state index in [2.05, 4.69) is 10.4 Å². The lowest BCUT2D eigenvalue weighted by Gasteiger charge is -2.26. The van der Waals surface area contributed by atoms with Gasteiger partial charge in [-0.1, -0.05) is 18.2 Å². The normalized spacial score (nSPS) is 16.6. The Morgan fingerprint density at radius 2 is 2.00 bits per heavy atom. The Bertz CT molecular complexity index is 721. The topological polar surface area (TPSA) is 82.2 Å². The van der Waals surface area contributed by atoms with Crippen molar-refractivity contribution < 1.29 is 9.53 Å². The van der Waals surface area contributed by atoms with Crippen LogP contribution < -0.4 is 11.1 Å². The van der Waals surface area contributed by atoms with E-state index in [-0.39, 0.29) is 11.8 Å². The maximum atomic E-state index is 12.4. The number of nitrogens with one attached hydrogen (secondary N) is 1. The Morgan fingerprint density at radius 3 is 2.68 bits per heavy atom. The first-order valence-electron chi connectivity index (χ1n) is 8.79. The fraction of sp³-hybridized carbons (Fsp3) is 0.474. The van der Waals surface area contributed by atoms with Crippen molar-refractivity contribution in [3.8, 4) is 5.69 Å². The first kappa shape index (κ1) is 17.6. The lowest BCUT2D eigenvalue weighted by Crippen LogP contribution is -2.46. The van der Waals surface area contributed by atoms with Crippen LogP contribution in [0.5, 0.6) is 0 Å². The van der Waals surface area contributed by atoms with Gasteiger partial charge < -0.3 is 15.8 Å². The van der Waals surface area contributed by atoms with Crippen molar-refractivity contribution in [2.45, 2.75) is 39.3 Å². The molecule has 2 aromatic rings. The summed E-state index contributed by atoms with van der Waals surface area (Å²) in [5.41, 5.74) is 10.1. The van der Waals surface area contributed by atoms with E-state index in [0.29, 0.717) is 19.8 Å². The number of ether oxygens (including phenoxy) is 1. The Morgan fingerprint density at radius 1 is 1.32 bits per heavy atom. The average molecular weight is 342 g/mol. The molecule has 0 aliphatic carbocycles. The average Bonchev–Trinajstić information content (AvgIpc) is 2.94. The predicted octanol–water partition coefficient (Wildman–Crippen LogP) is 1.86. The van der Waals surface area contributed by atoms with Gasteiger partial charge >= 0.3 is 0 Å². The molecule has 1 aromatic carbocycles. The third-order valence-corrected chi connectivity index (χ3v) is 4.96. The van der Waals surface area contributed by atoms with E-state index in [1.807, 2.05) is 48.9 Å². The molecule has 6 heteroatoms. The number of nitrogens with zero attached hydrogens (tertiary/aromatic N) is 2. The van der Waals surface area contributed by atoms with Gasteiger partial charge in [-0.15, -0.1) is 0 Å². The summed E-state index contributed by atoms with van der Waals surface area (Å²) in [6.07, 6.45) is 1.69. The summed E-state index contributed by atoms with van der Waals surface area (Å²) in [5, 5.41) is 7.60. The molecular formula is C19H26N4O2. The van der Waals surface area contributed by atoms with Gasteiger partial charge in [0.25, 0.3) is 0 Å². The second kappa shape index (κ2) is 7.80. The Hall–Kier alpha value is -2.18. The number of benzene rings is 1. The molecule has 1 fully saturated rings. The summed E-state index contributed by atoms with van der Waals surface area (Å²) in [5.74, 6) is 0.0983. The van der Waals surface area contributed by atoms with E-state index in [0.717, 1.165) is 35.5 Å². The summed E-state index contributed by atoms with van der Waals surface area (Å²) in [7, 11) is 0. The van der Waals surface area contributed by atoms with Crippen LogP contribution in [0.4, 0.5) is 0 Å². The summed E-state index contributed by atoms with van der Waals surface area (Å²) in [6, 6.07) is 9.51. The highest BCUT2D eigenvalue weighted by Crippen LogP contribution is 2.19. The van der Waals surface area contributed by atoms with E-state index in [1.54, 1.807) is 0 Å². The molecule has 0 bridgehead atoms. The Balaban J connectivity index is 1.67. The second-order valence-corrected chi connectivity index (χ2v) is 6.59. The van der Waals surface area contributed by atoms with Gasteiger partial charge in [-0.2, -0.15) is 5.10 Å². The van der Waals surface area contributed by atoms with E-state index in [1.165, 1.54) is 0 Å². The van der Waals surface area contributed by atoms with Gasteiger partial charge in [0.2, 0.25) is 5.91 Å². The zero-order chi connectivity index (χ0) is 17.8. The number of carbonyl (C=O) groups is 1. The molecule has 6 nitrogen and oxygen atoms in total. The van der Waals surface area contributed by atoms with Crippen LogP contribution in [0.1, 0.15) is 29.8 Å². The van der Waals surface area contributed by atoms with Crippen LogP contribution in [0.3, 0.4) is 0 Å². The van der Waals surface area contributed by atoms with Crippen molar-refractivity contribution in [1.82, 2.24) is 15.1 Å². The van der Waals surface area contributed by atoms with Crippen molar-refractivity contribution in [3.05, 3.63) is 47.3 Å². The molecular weight excluding hydrogens is 316 g/mol. The predicted molar refractivity (Wildman–Crippen MR) is 96.4 cm³/mol. The summed E-state index contributed by atoms with van der Waals surface area (Å²) in [4.78, 5) is 12.4. The number of hydrogen-bond donors (Lipinski definition) is 2. The molecule has 2 heterocycles. The molecule has 0 saturated carbocycles.